The van der Waals surface area contributed by atoms with Crippen molar-refractivity contribution in [1.29, 1.82) is 0 Å². The van der Waals surface area contributed by atoms with Gasteiger partial charge in [0.15, 0.2) is 29.9 Å². The Morgan fingerprint density at radius 1 is 0.692 bits per heavy atom. The van der Waals surface area contributed by atoms with Crippen LogP contribution in [0, 0.1) is 29.6 Å². The first-order valence-corrected chi connectivity index (χ1v) is 42.9. The van der Waals surface area contributed by atoms with Gasteiger partial charge in [-0.15, -0.1) is 0 Å². The fraction of sp³-hybridized carbons (Fsp3) is 0.407. The summed E-state index contributed by atoms with van der Waals surface area (Å²) in [5, 5.41) is 137. The molecule has 7 aromatic carbocycles. The van der Waals surface area contributed by atoms with Gasteiger partial charge in [-0.05, 0) is 165 Å². The lowest BCUT2D eigenvalue weighted by molar-refractivity contribution is -0.332. The monoisotopic (exact) mass is 1830 g/mol. The van der Waals surface area contributed by atoms with E-state index in [9.17, 15) is 75.0 Å². The van der Waals surface area contributed by atoms with Crippen LogP contribution < -0.4 is 67.2 Å². The van der Waals surface area contributed by atoms with E-state index in [1.807, 2.05) is 63.3 Å². The summed E-state index contributed by atoms with van der Waals surface area (Å²) in [5.74, 6) is -17.2. The Labute approximate surface area is 753 Å². The number of carboxylic acids is 1. The molecule has 8 aliphatic heterocycles. The molecule has 4 fully saturated rings. The van der Waals surface area contributed by atoms with Crippen molar-refractivity contribution < 1.29 is 132 Å². The van der Waals surface area contributed by atoms with Crippen LogP contribution in [0.5, 0.6) is 51.7 Å². The molecule has 0 spiro atoms. The fourth-order valence-electron chi connectivity index (χ4n) is 17.7. The lowest BCUT2D eigenvalue weighted by Crippen LogP contribution is -2.64. The van der Waals surface area contributed by atoms with E-state index in [0.29, 0.717) is 17.9 Å². The number of allylic oxidation sites excluding steroid dienone is 1. The Morgan fingerprint density at radius 3 is 1.97 bits per heavy atom. The Kier molecular flexibility index (Phi) is 28.3. The first-order chi connectivity index (χ1) is 61.9. The molecule has 0 radical (unpaired) electrons. The highest BCUT2D eigenvalue weighted by molar-refractivity contribution is 6.32. The number of nitrogens with zero attached hydrogens (tertiary/aromatic N) is 1. The maximum atomic E-state index is 16.3. The van der Waals surface area contributed by atoms with Crippen molar-refractivity contribution in [3.8, 4) is 62.9 Å². The number of phenolic OH excluding ortho intramolecular Hbond substituents is 3. The third-order valence-electron chi connectivity index (χ3n) is 24.4. The topological polar surface area (TPSA) is 563 Å². The number of fused-ring (bicyclic) bond motifs is 16. The Morgan fingerprint density at radius 2 is 1.33 bits per heavy atom. The zero-order chi connectivity index (χ0) is 93.3. The van der Waals surface area contributed by atoms with Gasteiger partial charge >= 0.3 is 5.97 Å². The van der Waals surface area contributed by atoms with Crippen LogP contribution in [0.4, 0.5) is 5.69 Å². The van der Waals surface area contributed by atoms with E-state index >= 15 is 24.0 Å². The molecule has 690 valence electrons. The minimum atomic E-state index is -2.39. The molecule has 20 N–H and O–H groups in total. The zero-order valence-electron chi connectivity index (χ0n) is 70.9. The van der Waals surface area contributed by atoms with Gasteiger partial charge in [-0.1, -0.05) is 105 Å². The molecule has 0 aromatic heterocycles. The van der Waals surface area contributed by atoms with E-state index in [2.05, 4.69) is 42.5 Å². The maximum Gasteiger partial charge on any atom is 0.330 e. The molecule has 3 saturated heterocycles. The number of anilines is 1. The third-order valence-corrected chi connectivity index (χ3v) is 24.9. The van der Waals surface area contributed by atoms with Gasteiger partial charge in [0.25, 0.3) is 0 Å². The fourth-order valence-corrected chi connectivity index (χ4v) is 18.2. The van der Waals surface area contributed by atoms with Crippen LogP contribution in [0.1, 0.15) is 130 Å². The number of nitrogens with one attached hydrogen (secondary N) is 8. The average Bonchev–Trinajstić information content (AvgIpc) is 1.48. The van der Waals surface area contributed by atoms with Gasteiger partial charge in [0.2, 0.25) is 65.2 Å². The number of aliphatic hydroxyl groups is 6. The lowest BCUT2D eigenvalue weighted by atomic mass is 9.84. The van der Waals surface area contributed by atoms with Gasteiger partial charge in [-0.3, -0.25) is 48.1 Å². The Bertz CT molecular complexity index is 5540. The number of carbonyl (C=O) groups is 10. The number of imide groups is 1. The normalized spacial score (nSPS) is 28.9. The standard InChI is InChI=1S/C91H100Cl2N10O27/c1-39(2)27-55(95-6)81(114)100-72-74(109)45-16-23-59(53(92)30-45)126-61-32-47-33-62(127-60-24-17-46(31-54(60)93)75(110)73-86(119)99-71(89(122)123)52-34-49(105)35-58(107)68(52)51-29-44(15-22-57(51)106)69(83(116)101-73)98-84(117)70(47)97-82(115)56(36-64(94)108)96-85(72)118)78(61)130-90-79(77(112)76(111)63(38-104)128-90)129-65-37-91(5,80(113)41(4)125-65)102-48-18-20-50(21-19-48)124-26-10-25-103-87(120)66-40(3)28-43(67(66)88(103)121)14-13-42-11-8-7-9-12-42/h7-9,11-24,29-35,39-41,43,55-56,63,65-67,69-77,79-80,90,95,102,104-107,109-113H,10,25-28,36-38H2,1-6H3,(H2,94,108)(H,96,118)(H,97,115)(H,98,117)(H,99,119)(H,100,114)(H,101,116)(H,122,123)/b14-13+/t40?,41?,43?,55-,56-,63?,65+,66?,67?,69+,70+,71-,72?,73-,74+,75+,76-,77+,79?,80+,90?,91?/m0/s1. The summed E-state index contributed by atoms with van der Waals surface area (Å²) in [6.45, 7) is 8.12. The molecule has 9 amide bonds. The minimum absolute atomic E-state index is 0.0130. The molecule has 10 unspecified atom stereocenters. The number of likely N-dealkylation sites (N-methyl/N-ethyl adjacent to an activating group) is 1. The van der Waals surface area contributed by atoms with Gasteiger partial charge in [-0.2, -0.15) is 0 Å². The van der Waals surface area contributed by atoms with E-state index in [4.69, 9.17) is 62.1 Å². The van der Waals surface area contributed by atoms with E-state index in [1.54, 1.807) is 31.2 Å². The molecule has 1 aliphatic carbocycles. The number of hydrogen-bond acceptors (Lipinski definition) is 28. The quantitative estimate of drug-likeness (QED) is 0.0313. The molecule has 16 rings (SSSR count). The number of primary amides is 1. The molecule has 130 heavy (non-hydrogen) atoms. The van der Waals surface area contributed by atoms with Crippen LogP contribution in [-0.2, 0) is 62.2 Å². The van der Waals surface area contributed by atoms with E-state index < -0.39 is 249 Å². The number of likely N-dealkylation sites (tertiary alicyclic amines) is 1. The molecule has 39 heteroatoms. The van der Waals surface area contributed by atoms with Crippen LogP contribution in [-0.4, -0.2) is 221 Å². The van der Waals surface area contributed by atoms with Crippen LogP contribution >= 0.6 is 23.2 Å². The third kappa shape index (κ3) is 19.9. The van der Waals surface area contributed by atoms with Gasteiger partial charge in [0, 0.05) is 41.4 Å². The highest BCUT2D eigenvalue weighted by Crippen LogP contribution is 2.52. The number of rotatable bonds is 22. The first-order valence-electron chi connectivity index (χ1n) is 42.2. The van der Waals surface area contributed by atoms with Crippen LogP contribution in [0.15, 0.2) is 140 Å². The lowest BCUT2D eigenvalue weighted by Gasteiger charge is -2.48. The number of ether oxygens (including phenoxy) is 7. The number of aliphatic carboxylic acids is 1. The summed E-state index contributed by atoms with van der Waals surface area (Å²) in [6.07, 6.45) is -14.2. The number of aliphatic hydroxyl groups excluding tert-OH is 6. The van der Waals surface area contributed by atoms with Crippen molar-refractivity contribution in [2.75, 3.05) is 32.1 Å². The van der Waals surface area contributed by atoms with Crippen LogP contribution in [0.2, 0.25) is 10.0 Å². The highest BCUT2D eigenvalue weighted by Gasteiger charge is 2.57. The molecular weight excluding hydrogens is 1740 g/mol. The number of carboxylic acid groups (broad SMARTS) is 1. The number of carbonyl (C=O) groups excluding carboxylic acids is 9. The van der Waals surface area contributed by atoms with Crippen molar-refractivity contribution >= 4 is 94.1 Å². The predicted octanol–water partition coefficient (Wildman–Crippen LogP) is 5.00. The number of amides is 9. The number of nitrogens with two attached hydrogens (primary N) is 1. The van der Waals surface area contributed by atoms with E-state index in [0.717, 1.165) is 78.7 Å². The first kappa shape index (κ1) is 93.9. The second-order valence-electron chi connectivity index (χ2n) is 34.0. The molecule has 37 nitrogen and oxygen atoms in total. The zero-order valence-corrected chi connectivity index (χ0v) is 72.4. The van der Waals surface area contributed by atoms with Crippen molar-refractivity contribution in [2.24, 2.45) is 35.3 Å². The average molecular weight is 1840 g/mol. The number of aromatic hydroxyl groups is 3. The van der Waals surface area contributed by atoms with Gasteiger partial charge in [0.05, 0.1) is 59.2 Å². The van der Waals surface area contributed by atoms with E-state index in [-0.39, 0.29) is 83.0 Å². The van der Waals surface area contributed by atoms with Gasteiger partial charge in [0.1, 0.15) is 101 Å². The van der Waals surface area contributed by atoms with Crippen LogP contribution in [0.3, 0.4) is 0 Å². The summed E-state index contributed by atoms with van der Waals surface area (Å²) in [5.41, 5.74) is 2.92. The smallest absolute Gasteiger partial charge is 0.330 e. The second kappa shape index (κ2) is 39.2. The molecule has 9 aliphatic rings. The van der Waals surface area contributed by atoms with Crippen LogP contribution in [0.25, 0.3) is 17.2 Å². The molecule has 1 saturated carbocycles. The van der Waals surface area contributed by atoms with E-state index in [1.165, 1.54) is 31.0 Å². The summed E-state index contributed by atoms with van der Waals surface area (Å²) in [4.78, 5) is 147. The summed E-state index contributed by atoms with van der Waals surface area (Å²) < 4.78 is 45.7. The Hall–Kier alpha value is -12.2. The second-order valence-corrected chi connectivity index (χ2v) is 34.8. The van der Waals surface area contributed by atoms with Gasteiger partial charge < -0.3 is 132 Å². The van der Waals surface area contributed by atoms with Crippen molar-refractivity contribution in [3.05, 3.63) is 183 Å². The highest BCUT2D eigenvalue weighted by atomic mass is 35.5. The van der Waals surface area contributed by atoms with Crippen molar-refractivity contribution in [1.82, 2.24) is 42.1 Å². The SMILES string of the molecule is CN[C@@H](CC(C)C)C(=O)NC1C(=O)N[C@@H](CC(N)=O)C(=O)N[C@H]2C(=O)N[C@H]3C(=O)N[C@H](C(=O)N[C@H](C(=O)O)c4cc(O)cc(O)c4-c4cc3ccc4O)[C@H](O)c3ccc(c(Cl)c3)Oc3cc2cc(c3OC2OC(CO)[C@H](O)[C@@H](O)C2O[C@@H]2CC(C)(Nc3ccc(OCCCN4C(=O)C5C(C)CC(/C=C/c6ccccc6)C5C4=O)cc3)[C@H](O)C(C)O2)Oc2ccc(cc2Cl)[C@H]1O. The number of phenols is 3. The van der Waals surface area contributed by atoms with Gasteiger partial charge in [-0.25, -0.2) is 4.79 Å². The summed E-state index contributed by atoms with van der Waals surface area (Å²) in [7, 11) is 1.47. The number of benzene rings is 7. The summed E-state index contributed by atoms with van der Waals surface area (Å²) in [6, 6.07) is 15.5. The molecule has 11 bridgehead atoms. The minimum Gasteiger partial charge on any atom is -0.508 e. The number of halogens is 2. The molecule has 22 atom stereocenters. The maximum absolute atomic E-state index is 16.3. The summed E-state index contributed by atoms with van der Waals surface area (Å²) >= 11 is 14.4. The molecular formula is C91H100Cl2N10O27. The van der Waals surface area contributed by atoms with Crippen molar-refractivity contribution in [3.63, 3.8) is 0 Å². The molecule has 8 heterocycles. The Balaban J connectivity index is 0.841. The largest absolute Gasteiger partial charge is 0.508 e. The number of hydrogen-bond donors (Lipinski definition) is 19. The molecule has 7 aromatic rings. The van der Waals surface area contributed by atoms with Crippen molar-refractivity contribution in [2.45, 2.75) is 176 Å². The predicted molar refractivity (Wildman–Crippen MR) is 462 cm³/mol.